The van der Waals surface area contributed by atoms with E-state index in [4.69, 9.17) is 11.5 Å². The van der Waals surface area contributed by atoms with Crippen molar-refractivity contribution in [2.45, 2.75) is 58.5 Å². The highest BCUT2D eigenvalue weighted by Gasteiger charge is 2.22. The van der Waals surface area contributed by atoms with Crippen molar-refractivity contribution in [1.82, 2.24) is 10.3 Å². The van der Waals surface area contributed by atoms with E-state index in [0.29, 0.717) is 24.8 Å². The van der Waals surface area contributed by atoms with Gasteiger partial charge >= 0.3 is 0 Å². The molecular weight excluding hydrogens is 332 g/mol. The first-order chi connectivity index (χ1) is 11.8. The van der Waals surface area contributed by atoms with Crippen LogP contribution in [0.1, 0.15) is 50.6 Å². The molecule has 0 aliphatic carbocycles. The van der Waals surface area contributed by atoms with Gasteiger partial charge in [-0.3, -0.25) is 4.79 Å². The Bertz CT molecular complexity index is 713. The molecule has 1 heterocycles. The van der Waals surface area contributed by atoms with E-state index in [2.05, 4.69) is 50.1 Å². The molecule has 0 saturated carbocycles. The minimum atomic E-state index is -0.608. The van der Waals surface area contributed by atoms with Gasteiger partial charge in [0.15, 0.2) is 0 Å². The molecule has 3 atom stereocenters. The summed E-state index contributed by atoms with van der Waals surface area (Å²) in [4.78, 5) is 17.0. The number of carbonyl (C=O) groups is 1. The maximum atomic E-state index is 12.4. The summed E-state index contributed by atoms with van der Waals surface area (Å²) < 4.78 is 1.15. The van der Waals surface area contributed by atoms with E-state index in [9.17, 15) is 4.79 Å². The molecule has 25 heavy (non-hydrogen) atoms. The summed E-state index contributed by atoms with van der Waals surface area (Å²) in [6.07, 6.45) is 1.41. The lowest BCUT2D eigenvalue weighted by molar-refractivity contribution is -0.123. The average molecular weight is 363 g/mol. The fourth-order valence-electron chi connectivity index (χ4n) is 2.72. The molecule has 0 fully saturated rings. The van der Waals surface area contributed by atoms with Crippen LogP contribution in [0.3, 0.4) is 0 Å². The van der Waals surface area contributed by atoms with Crippen LogP contribution in [0, 0.1) is 5.92 Å². The fraction of sp³-hybridized carbons (Fsp3) is 0.579. The van der Waals surface area contributed by atoms with Gasteiger partial charge in [0.2, 0.25) is 5.91 Å². The topological polar surface area (TPSA) is 94.0 Å². The molecule has 1 aromatic heterocycles. The molecule has 5 N–H and O–H groups in total. The van der Waals surface area contributed by atoms with Crippen LogP contribution in [0.15, 0.2) is 18.2 Å². The maximum absolute atomic E-state index is 12.4. The Morgan fingerprint density at radius 1 is 1.32 bits per heavy atom. The number of hydrogen-bond donors (Lipinski definition) is 3. The van der Waals surface area contributed by atoms with E-state index >= 15 is 0 Å². The molecule has 0 bridgehead atoms. The molecule has 0 spiro atoms. The average Bonchev–Trinajstić information content (AvgIpc) is 2.99. The highest BCUT2D eigenvalue weighted by atomic mass is 32.1. The molecule has 0 unspecified atom stereocenters. The van der Waals surface area contributed by atoms with Crippen LogP contribution in [-0.2, 0) is 11.2 Å². The molecule has 2 rings (SSSR count). The standard InChI is InChI=1S/C19H30N4OS/c1-5-12(4)16(10-20)23-19(24)14(21)9-18-22-15-7-6-13(11(2)3)8-17(15)25-18/h6-8,11-12,14,16H,5,9-10,20-21H2,1-4H3,(H,23,24)/t12-,14-,16+/m0/s1. The number of aromatic nitrogens is 1. The van der Waals surface area contributed by atoms with Crippen LogP contribution in [0.4, 0.5) is 0 Å². The highest BCUT2D eigenvalue weighted by Crippen LogP contribution is 2.26. The molecule has 1 amide bonds. The Labute approximate surface area is 154 Å². The molecule has 0 aliphatic rings. The third-order valence-corrected chi connectivity index (χ3v) is 5.81. The lowest BCUT2D eigenvalue weighted by Crippen LogP contribution is -2.51. The minimum Gasteiger partial charge on any atom is -0.350 e. The van der Waals surface area contributed by atoms with Gasteiger partial charge in [-0.15, -0.1) is 11.3 Å². The second kappa shape index (κ2) is 8.74. The van der Waals surface area contributed by atoms with Gasteiger partial charge in [0.05, 0.1) is 21.3 Å². The maximum Gasteiger partial charge on any atom is 0.237 e. The Morgan fingerprint density at radius 3 is 2.64 bits per heavy atom. The van der Waals surface area contributed by atoms with Crippen molar-refractivity contribution in [3.63, 3.8) is 0 Å². The molecule has 5 nitrogen and oxygen atoms in total. The van der Waals surface area contributed by atoms with E-state index in [1.807, 2.05) is 6.07 Å². The van der Waals surface area contributed by atoms with Crippen LogP contribution in [0.2, 0.25) is 0 Å². The van der Waals surface area contributed by atoms with Crippen molar-refractivity contribution in [1.29, 1.82) is 0 Å². The monoisotopic (exact) mass is 362 g/mol. The van der Waals surface area contributed by atoms with Gasteiger partial charge < -0.3 is 16.8 Å². The number of nitrogens with one attached hydrogen (secondary N) is 1. The number of benzene rings is 1. The lowest BCUT2D eigenvalue weighted by Gasteiger charge is -2.24. The first kappa shape index (κ1) is 19.8. The molecule has 0 aliphatic heterocycles. The Hall–Kier alpha value is -1.50. The molecule has 6 heteroatoms. The second-order valence-corrected chi connectivity index (χ2v) is 8.15. The number of hydrogen-bond acceptors (Lipinski definition) is 5. The van der Waals surface area contributed by atoms with Crippen LogP contribution in [-0.4, -0.2) is 29.5 Å². The summed E-state index contributed by atoms with van der Waals surface area (Å²) in [5.74, 6) is 0.660. The normalized spacial score (nSPS) is 15.3. The predicted octanol–water partition coefficient (Wildman–Crippen LogP) is 2.78. The zero-order valence-corrected chi connectivity index (χ0v) is 16.4. The summed E-state index contributed by atoms with van der Waals surface area (Å²) in [7, 11) is 0. The predicted molar refractivity (Wildman–Crippen MR) is 106 cm³/mol. The number of fused-ring (bicyclic) bond motifs is 1. The molecule has 2 aromatic rings. The van der Waals surface area contributed by atoms with Gasteiger partial charge in [-0.2, -0.15) is 0 Å². The largest absolute Gasteiger partial charge is 0.350 e. The van der Waals surface area contributed by atoms with Crippen molar-refractivity contribution in [3.05, 3.63) is 28.8 Å². The highest BCUT2D eigenvalue weighted by molar-refractivity contribution is 7.18. The minimum absolute atomic E-state index is 0.0347. The second-order valence-electron chi connectivity index (χ2n) is 7.04. The van der Waals surface area contributed by atoms with Crippen molar-refractivity contribution in [2.75, 3.05) is 6.54 Å². The van der Waals surface area contributed by atoms with Gasteiger partial charge in [0.25, 0.3) is 0 Å². The Morgan fingerprint density at radius 2 is 2.04 bits per heavy atom. The number of rotatable bonds is 8. The van der Waals surface area contributed by atoms with Crippen LogP contribution in [0.5, 0.6) is 0 Å². The third kappa shape index (κ3) is 5.00. The van der Waals surface area contributed by atoms with Gasteiger partial charge in [0, 0.05) is 19.0 Å². The van der Waals surface area contributed by atoms with Gasteiger partial charge in [0.1, 0.15) is 0 Å². The summed E-state index contributed by atoms with van der Waals surface area (Å²) in [6.45, 7) is 8.95. The summed E-state index contributed by atoms with van der Waals surface area (Å²) in [5, 5.41) is 3.88. The zero-order valence-electron chi connectivity index (χ0n) is 15.6. The Balaban J connectivity index is 2.05. The van der Waals surface area contributed by atoms with Crippen molar-refractivity contribution < 1.29 is 4.79 Å². The zero-order chi connectivity index (χ0) is 18.6. The van der Waals surface area contributed by atoms with E-state index in [1.165, 1.54) is 5.56 Å². The number of carbonyl (C=O) groups excluding carboxylic acids is 1. The van der Waals surface area contributed by atoms with Gasteiger partial charge in [-0.1, -0.05) is 40.2 Å². The first-order valence-corrected chi connectivity index (χ1v) is 9.82. The fourth-order valence-corrected chi connectivity index (χ4v) is 3.80. The molecule has 138 valence electrons. The number of nitrogens with two attached hydrogens (primary N) is 2. The van der Waals surface area contributed by atoms with Gasteiger partial charge in [-0.25, -0.2) is 4.98 Å². The van der Waals surface area contributed by atoms with Gasteiger partial charge in [-0.05, 0) is 29.5 Å². The summed E-state index contributed by atoms with van der Waals surface area (Å²) >= 11 is 1.61. The lowest BCUT2D eigenvalue weighted by atomic mass is 9.99. The summed E-state index contributed by atoms with van der Waals surface area (Å²) in [5.41, 5.74) is 14.1. The smallest absolute Gasteiger partial charge is 0.237 e. The van der Waals surface area contributed by atoms with E-state index in [-0.39, 0.29) is 11.9 Å². The number of nitrogens with zero attached hydrogens (tertiary/aromatic N) is 1. The third-order valence-electron chi connectivity index (χ3n) is 4.77. The van der Waals surface area contributed by atoms with Crippen molar-refractivity contribution in [2.24, 2.45) is 17.4 Å². The van der Waals surface area contributed by atoms with Crippen molar-refractivity contribution >= 4 is 27.5 Å². The molecule has 0 radical (unpaired) electrons. The number of thiazole rings is 1. The van der Waals surface area contributed by atoms with Crippen LogP contribution >= 0.6 is 11.3 Å². The number of amides is 1. The Kier molecular flexibility index (Phi) is 6.93. The first-order valence-electron chi connectivity index (χ1n) is 9.01. The SMILES string of the molecule is CC[C@H](C)[C@@H](CN)NC(=O)[C@@H](N)Cc1nc2ccc(C(C)C)cc2s1. The van der Waals surface area contributed by atoms with Crippen LogP contribution in [0.25, 0.3) is 10.2 Å². The van der Waals surface area contributed by atoms with Crippen LogP contribution < -0.4 is 16.8 Å². The van der Waals surface area contributed by atoms with E-state index in [1.54, 1.807) is 11.3 Å². The van der Waals surface area contributed by atoms with E-state index < -0.39 is 6.04 Å². The molecule has 1 aromatic carbocycles. The van der Waals surface area contributed by atoms with Crippen molar-refractivity contribution in [3.8, 4) is 0 Å². The summed E-state index contributed by atoms with van der Waals surface area (Å²) in [6, 6.07) is 5.70. The molecular formula is C19H30N4OS. The quantitative estimate of drug-likeness (QED) is 0.673. The van der Waals surface area contributed by atoms with E-state index in [0.717, 1.165) is 21.6 Å². The molecule has 0 saturated heterocycles.